The summed E-state index contributed by atoms with van der Waals surface area (Å²) in [5, 5.41) is 22.0. The lowest BCUT2D eigenvalue weighted by molar-refractivity contribution is 0.0723. The molecule has 130 valence electrons. The van der Waals surface area contributed by atoms with Crippen molar-refractivity contribution in [3.8, 4) is 0 Å². The second-order valence-electron chi connectivity index (χ2n) is 6.57. The molecule has 8 nitrogen and oxygen atoms in total. The van der Waals surface area contributed by atoms with Crippen LogP contribution in [0.15, 0.2) is 6.20 Å². The van der Waals surface area contributed by atoms with Crippen molar-refractivity contribution in [2.45, 2.75) is 50.3 Å². The number of likely N-dealkylation sites (tertiary alicyclic amines) is 1. The van der Waals surface area contributed by atoms with Crippen LogP contribution in [0, 0.1) is 0 Å². The van der Waals surface area contributed by atoms with Crippen molar-refractivity contribution >= 4 is 0 Å². The fraction of sp³-hybridized carbons (Fsp3) is 0.867. The number of methoxy groups -OCH3 is 1. The maximum Gasteiger partial charge on any atom is 0.108 e. The Labute approximate surface area is 136 Å². The zero-order valence-corrected chi connectivity index (χ0v) is 13.9. The lowest BCUT2D eigenvalue weighted by Crippen LogP contribution is -2.52. The Morgan fingerprint density at radius 1 is 1.43 bits per heavy atom. The Morgan fingerprint density at radius 2 is 2.22 bits per heavy atom. The van der Waals surface area contributed by atoms with Gasteiger partial charge in [0.2, 0.25) is 0 Å². The van der Waals surface area contributed by atoms with Gasteiger partial charge in [-0.2, -0.15) is 0 Å². The van der Waals surface area contributed by atoms with Crippen LogP contribution in [0.25, 0.3) is 0 Å². The van der Waals surface area contributed by atoms with Gasteiger partial charge in [-0.15, -0.1) is 5.10 Å². The third kappa shape index (κ3) is 4.27. The second-order valence-corrected chi connectivity index (χ2v) is 6.57. The van der Waals surface area contributed by atoms with Crippen LogP contribution in [0.3, 0.4) is 0 Å². The fourth-order valence-corrected chi connectivity index (χ4v) is 3.34. The van der Waals surface area contributed by atoms with Crippen molar-refractivity contribution in [3.63, 3.8) is 0 Å². The van der Waals surface area contributed by atoms with Gasteiger partial charge in [0.1, 0.15) is 5.69 Å². The first-order valence-electron chi connectivity index (χ1n) is 8.28. The first-order chi connectivity index (χ1) is 11.2. The molecule has 1 aromatic heterocycles. The molecule has 2 aliphatic heterocycles. The van der Waals surface area contributed by atoms with Crippen molar-refractivity contribution in [2.24, 2.45) is 0 Å². The second kappa shape index (κ2) is 7.67. The van der Waals surface area contributed by atoms with Crippen molar-refractivity contribution in [3.05, 3.63) is 11.9 Å². The van der Waals surface area contributed by atoms with Crippen LogP contribution in [-0.4, -0.2) is 83.1 Å². The van der Waals surface area contributed by atoms with E-state index < -0.39 is 6.10 Å². The summed E-state index contributed by atoms with van der Waals surface area (Å²) in [7, 11) is 3.78. The summed E-state index contributed by atoms with van der Waals surface area (Å²) >= 11 is 0. The Hall–Kier alpha value is -1.06. The lowest BCUT2D eigenvalue weighted by atomic mass is 10.0. The van der Waals surface area contributed by atoms with E-state index >= 15 is 0 Å². The van der Waals surface area contributed by atoms with Crippen molar-refractivity contribution in [2.75, 3.05) is 33.9 Å². The molecule has 0 radical (unpaired) electrons. The molecule has 23 heavy (non-hydrogen) atoms. The van der Waals surface area contributed by atoms with Gasteiger partial charge in [0.05, 0.1) is 44.2 Å². The number of aromatic nitrogens is 3. The molecule has 3 atom stereocenters. The molecule has 3 heterocycles. The monoisotopic (exact) mass is 325 g/mol. The average Bonchev–Trinajstić information content (AvgIpc) is 3.11. The van der Waals surface area contributed by atoms with Gasteiger partial charge >= 0.3 is 0 Å². The molecule has 0 aliphatic carbocycles. The largest absolute Gasteiger partial charge is 0.389 e. The van der Waals surface area contributed by atoms with E-state index in [1.54, 1.807) is 11.8 Å². The molecule has 2 aliphatic rings. The molecule has 0 aromatic carbocycles. The van der Waals surface area contributed by atoms with Crippen LogP contribution in [0.4, 0.5) is 0 Å². The highest BCUT2D eigenvalue weighted by molar-refractivity contribution is 4.95. The summed E-state index contributed by atoms with van der Waals surface area (Å²) in [5.41, 5.74) is 0.797. The fourth-order valence-electron chi connectivity index (χ4n) is 3.34. The van der Waals surface area contributed by atoms with Gasteiger partial charge in [-0.3, -0.25) is 0 Å². The van der Waals surface area contributed by atoms with E-state index in [4.69, 9.17) is 9.47 Å². The minimum Gasteiger partial charge on any atom is -0.389 e. The maximum atomic E-state index is 10.2. The Kier molecular flexibility index (Phi) is 5.60. The number of hydrogen-bond donors (Lipinski definition) is 2. The maximum absolute atomic E-state index is 10.2. The van der Waals surface area contributed by atoms with Crippen molar-refractivity contribution in [1.29, 1.82) is 0 Å². The Bertz CT molecular complexity index is 489. The highest BCUT2D eigenvalue weighted by Crippen LogP contribution is 2.19. The zero-order valence-electron chi connectivity index (χ0n) is 13.9. The number of ether oxygens (including phenoxy) is 2. The Morgan fingerprint density at radius 3 is 2.96 bits per heavy atom. The average molecular weight is 325 g/mol. The van der Waals surface area contributed by atoms with Crippen molar-refractivity contribution < 1.29 is 14.6 Å². The molecular formula is C15H27N5O3. The number of hydrogen-bond acceptors (Lipinski definition) is 7. The van der Waals surface area contributed by atoms with Crippen LogP contribution in [0.1, 0.15) is 18.5 Å². The zero-order chi connectivity index (χ0) is 16.2. The summed E-state index contributed by atoms with van der Waals surface area (Å²) in [6.07, 6.45) is 3.51. The van der Waals surface area contributed by atoms with E-state index in [-0.39, 0.29) is 12.1 Å². The smallest absolute Gasteiger partial charge is 0.108 e. The summed E-state index contributed by atoms with van der Waals surface area (Å²) < 4.78 is 12.6. The quantitative estimate of drug-likeness (QED) is 0.711. The van der Waals surface area contributed by atoms with Gasteiger partial charge < -0.3 is 24.8 Å². The van der Waals surface area contributed by atoms with Crippen molar-refractivity contribution in [1.82, 2.24) is 25.2 Å². The van der Waals surface area contributed by atoms with E-state index in [9.17, 15) is 5.11 Å². The summed E-state index contributed by atoms with van der Waals surface area (Å²) in [6, 6.07) is 0.383. The highest BCUT2D eigenvalue weighted by Gasteiger charge is 2.38. The topological polar surface area (TPSA) is 84.7 Å². The molecule has 2 fully saturated rings. The number of nitrogens with zero attached hydrogens (tertiary/aromatic N) is 4. The Balaban J connectivity index is 1.56. The molecule has 0 saturated carbocycles. The normalized spacial score (nSPS) is 30.1. The molecule has 8 heteroatoms. The molecule has 0 bridgehead atoms. The number of rotatable bonds is 6. The van der Waals surface area contributed by atoms with Gasteiger partial charge in [-0.1, -0.05) is 5.21 Å². The highest BCUT2D eigenvalue weighted by atomic mass is 16.5. The molecule has 0 amide bonds. The van der Waals surface area contributed by atoms with E-state index in [0.29, 0.717) is 25.8 Å². The van der Waals surface area contributed by atoms with Gasteiger partial charge in [0.15, 0.2) is 0 Å². The van der Waals surface area contributed by atoms with Gasteiger partial charge in [0.25, 0.3) is 0 Å². The van der Waals surface area contributed by atoms with Crippen LogP contribution in [0.5, 0.6) is 0 Å². The SMILES string of the molecule is COCc1cn(C[C@H]2OC[C@H](O)[C@H]2NC2CCN(C)CC2)nn1. The van der Waals surface area contributed by atoms with Gasteiger partial charge in [0, 0.05) is 13.2 Å². The van der Waals surface area contributed by atoms with Crippen LogP contribution in [0.2, 0.25) is 0 Å². The number of aliphatic hydroxyl groups is 1. The molecule has 0 spiro atoms. The minimum absolute atomic E-state index is 0.0570. The summed E-state index contributed by atoms with van der Waals surface area (Å²) in [6.45, 7) is 3.59. The molecule has 2 saturated heterocycles. The number of aliphatic hydroxyl groups excluding tert-OH is 1. The standard InChI is InChI=1S/C15H27N5O3/c1-19-5-3-11(4-6-19)16-15-13(21)10-23-14(15)8-20-7-12(9-22-2)17-18-20/h7,11,13-16,21H,3-6,8-10H2,1-2H3/t13-,14+,15+/m0/s1. The predicted molar refractivity (Wildman–Crippen MR) is 83.9 cm³/mol. The first-order valence-corrected chi connectivity index (χ1v) is 8.28. The van der Waals surface area contributed by atoms with Crippen LogP contribution in [-0.2, 0) is 22.6 Å². The minimum atomic E-state index is -0.471. The van der Waals surface area contributed by atoms with E-state index in [0.717, 1.165) is 31.6 Å². The summed E-state index contributed by atoms with van der Waals surface area (Å²) in [4.78, 5) is 2.34. The van der Waals surface area contributed by atoms with E-state index in [1.165, 1.54) is 0 Å². The molecule has 3 rings (SSSR count). The number of piperidine rings is 1. The van der Waals surface area contributed by atoms with Crippen LogP contribution < -0.4 is 5.32 Å². The lowest BCUT2D eigenvalue weighted by Gasteiger charge is -2.33. The van der Waals surface area contributed by atoms with Crippen LogP contribution >= 0.6 is 0 Å². The number of nitrogens with one attached hydrogen (secondary N) is 1. The molecule has 2 N–H and O–H groups in total. The molecular weight excluding hydrogens is 298 g/mol. The van der Waals surface area contributed by atoms with E-state index in [1.807, 2.05) is 6.20 Å². The first kappa shape index (κ1) is 16.8. The third-order valence-electron chi connectivity index (χ3n) is 4.69. The van der Waals surface area contributed by atoms with Gasteiger partial charge in [-0.25, -0.2) is 4.68 Å². The van der Waals surface area contributed by atoms with E-state index in [2.05, 4.69) is 27.6 Å². The predicted octanol–water partition coefficient (Wildman–Crippen LogP) is -0.763. The molecule has 0 unspecified atom stereocenters. The summed E-state index contributed by atoms with van der Waals surface area (Å²) in [5.74, 6) is 0. The molecule has 1 aromatic rings. The van der Waals surface area contributed by atoms with Gasteiger partial charge in [-0.05, 0) is 33.0 Å². The third-order valence-corrected chi connectivity index (χ3v) is 4.69.